The monoisotopic (exact) mass is 357 g/mol. The smallest absolute Gasteiger partial charge is 0.347 e. The van der Waals surface area contributed by atoms with Gasteiger partial charge in [0.2, 0.25) is 0 Å². The molecular weight excluding hydrogens is 334 g/mol. The number of carbonyl (C=O) groups excluding carboxylic acids is 2. The van der Waals surface area contributed by atoms with Crippen molar-refractivity contribution in [2.24, 2.45) is 0 Å². The maximum atomic E-state index is 12.0. The Balaban J connectivity index is 1.89. The van der Waals surface area contributed by atoms with Gasteiger partial charge in [-0.15, -0.1) is 6.42 Å². The zero-order chi connectivity index (χ0) is 18.9. The lowest BCUT2D eigenvalue weighted by molar-refractivity contribution is -0.150. The number of terminal acetylenes is 1. The summed E-state index contributed by atoms with van der Waals surface area (Å²) in [5.74, 6) is 0.549. The van der Waals surface area contributed by atoms with Crippen molar-refractivity contribution in [3.63, 3.8) is 0 Å². The summed E-state index contributed by atoms with van der Waals surface area (Å²) in [5.41, 5.74) is 0.866. The molecule has 0 unspecified atom stereocenters. The Morgan fingerprint density at radius 2 is 1.73 bits per heavy atom. The van der Waals surface area contributed by atoms with Crippen LogP contribution in [0.5, 0.6) is 11.5 Å². The summed E-state index contributed by atoms with van der Waals surface area (Å²) in [6.07, 6.45) is 10.4. The molecule has 2 rings (SSSR count). The average Bonchev–Trinajstić information content (AvgIpc) is 2.89. The van der Waals surface area contributed by atoms with Gasteiger partial charge in [-0.3, -0.25) is 0 Å². The summed E-state index contributed by atoms with van der Waals surface area (Å²) in [6, 6.07) is 4.01. The first-order valence-electron chi connectivity index (χ1n) is 8.70. The molecule has 0 aliphatic carbocycles. The third-order valence-electron chi connectivity index (χ3n) is 4.21. The van der Waals surface area contributed by atoms with E-state index >= 15 is 0 Å². The second-order valence-corrected chi connectivity index (χ2v) is 6.13. The number of unbranched alkanes of at least 4 members (excludes halogenated alkanes) is 4. The minimum absolute atomic E-state index is 0.170. The number of hydrogen-bond donors (Lipinski definition) is 3. The van der Waals surface area contributed by atoms with E-state index in [-0.39, 0.29) is 17.1 Å². The van der Waals surface area contributed by atoms with Crippen molar-refractivity contribution < 1.29 is 24.5 Å². The van der Waals surface area contributed by atoms with Crippen LogP contribution in [-0.2, 0) is 14.3 Å². The van der Waals surface area contributed by atoms with Crippen LogP contribution < -0.4 is 5.32 Å². The van der Waals surface area contributed by atoms with Crippen molar-refractivity contribution in [1.29, 1.82) is 0 Å². The molecule has 0 saturated carbocycles. The number of hydrogen-bond acceptors (Lipinski definition) is 6. The van der Waals surface area contributed by atoms with Gasteiger partial charge < -0.3 is 20.3 Å². The topological polar surface area (TPSA) is 95.9 Å². The number of benzene rings is 1. The molecular formula is C20H23NO5. The number of cyclic esters (lactones) is 2. The van der Waals surface area contributed by atoms with E-state index in [1.54, 1.807) is 0 Å². The molecule has 1 aromatic carbocycles. The standard InChI is InChI=1S/C20H23NO5/c1-2-11-21-12-7-5-3-4-6-8-15-18(20(25)26-19(15)24)14-9-10-16(22)17(23)13-14/h1,9-10,13,21-23H,3-8,11-12H2. The fraction of sp³-hybridized carbons (Fsp3) is 0.400. The first-order chi connectivity index (χ1) is 12.5. The van der Waals surface area contributed by atoms with Crippen molar-refractivity contribution >= 4 is 17.5 Å². The zero-order valence-corrected chi connectivity index (χ0v) is 14.6. The van der Waals surface area contributed by atoms with E-state index in [2.05, 4.69) is 11.2 Å². The quantitative estimate of drug-likeness (QED) is 0.196. The first kappa shape index (κ1) is 19.5. The molecule has 0 bridgehead atoms. The second kappa shape index (κ2) is 9.64. The van der Waals surface area contributed by atoms with Crippen LogP contribution in [0.1, 0.15) is 44.1 Å². The van der Waals surface area contributed by atoms with Gasteiger partial charge in [-0.2, -0.15) is 0 Å². The van der Waals surface area contributed by atoms with E-state index in [1.165, 1.54) is 18.2 Å². The maximum absolute atomic E-state index is 12.0. The van der Waals surface area contributed by atoms with Crippen molar-refractivity contribution in [2.75, 3.05) is 13.1 Å². The average molecular weight is 357 g/mol. The van der Waals surface area contributed by atoms with Gasteiger partial charge >= 0.3 is 11.9 Å². The van der Waals surface area contributed by atoms with Gasteiger partial charge in [-0.25, -0.2) is 9.59 Å². The van der Waals surface area contributed by atoms with Gasteiger partial charge in [0.25, 0.3) is 0 Å². The van der Waals surface area contributed by atoms with E-state index in [0.717, 1.165) is 38.6 Å². The lowest BCUT2D eigenvalue weighted by Crippen LogP contribution is -2.14. The van der Waals surface area contributed by atoms with Gasteiger partial charge in [-0.1, -0.05) is 31.2 Å². The number of phenols is 2. The fourth-order valence-corrected chi connectivity index (χ4v) is 2.86. The molecule has 0 saturated heterocycles. The van der Waals surface area contributed by atoms with Crippen LogP contribution in [0.4, 0.5) is 0 Å². The summed E-state index contributed by atoms with van der Waals surface area (Å²) in [5, 5.41) is 22.2. The number of ether oxygens (including phenoxy) is 1. The number of rotatable bonds is 10. The van der Waals surface area contributed by atoms with Crippen LogP contribution in [0.2, 0.25) is 0 Å². The van der Waals surface area contributed by atoms with Crippen molar-refractivity contribution in [1.82, 2.24) is 5.32 Å². The van der Waals surface area contributed by atoms with Crippen LogP contribution in [0.15, 0.2) is 23.8 Å². The van der Waals surface area contributed by atoms with Crippen LogP contribution in [0, 0.1) is 12.3 Å². The van der Waals surface area contributed by atoms with E-state index < -0.39 is 11.9 Å². The molecule has 0 radical (unpaired) electrons. The molecule has 0 amide bonds. The summed E-state index contributed by atoms with van der Waals surface area (Å²) in [6.45, 7) is 1.48. The third kappa shape index (κ3) is 5.11. The van der Waals surface area contributed by atoms with Gasteiger partial charge in [0, 0.05) is 0 Å². The van der Waals surface area contributed by atoms with Gasteiger partial charge in [-0.05, 0) is 43.5 Å². The Hall–Kier alpha value is -2.78. The third-order valence-corrected chi connectivity index (χ3v) is 4.21. The molecule has 1 aliphatic rings. The molecule has 26 heavy (non-hydrogen) atoms. The molecule has 1 heterocycles. The molecule has 6 nitrogen and oxygen atoms in total. The normalized spacial score (nSPS) is 13.8. The zero-order valence-electron chi connectivity index (χ0n) is 14.6. The summed E-state index contributed by atoms with van der Waals surface area (Å²) >= 11 is 0. The highest BCUT2D eigenvalue weighted by Gasteiger charge is 2.33. The highest BCUT2D eigenvalue weighted by Crippen LogP contribution is 2.34. The summed E-state index contributed by atoms with van der Waals surface area (Å²) in [4.78, 5) is 23.9. The number of phenolic OH excluding ortho intramolecular Hbond substituents is 2. The number of nitrogens with one attached hydrogen (secondary N) is 1. The summed E-state index contributed by atoms with van der Waals surface area (Å²) < 4.78 is 4.72. The van der Waals surface area contributed by atoms with Crippen molar-refractivity contribution in [3.8, 4) is 23.8 Å². The molecule has 0 aromatic heterocycles. The number of aromatic hydroxyl groups is 2. The number of carbonyl (C=O) groups is 2. The van der Waals surface area contributed by atoms with Crippen molar-refractivity contribution in [3.05, 3.63) is 29.3 Å². The SMILES string of the molecule is C#CCNCCCCCCCC1=C(c2ccc(O)c(O)c2)C(=O)OC1=O. The van der Waals surface area contributed by atoms with Crippen LogP contribution in [0.3, 0.4) is 0 Å². The second-order valence-electron chi connectivity index (χ2n) is 6.13. The Kier molecular flexibility index (Phi) is 7.24. The van der Waals surface area contributed by atoms with Crippen LogP contribution in [0.25, 0.3) is 5.57 Å². The van der Waals surface area contributed by atoms with Crippen LogP contribution in [-0.4, -0.2) is 35.2 Å². The lowest BCUT2D eigenvalue weighted by atomic mass is 9.97. The van der Waals surface area contributed by atoms with E-state index in [1.807, 2.05) is 0 Å². The molecule has 0 spiro atoms. The first-order valence-corrected chi connectivity index (χ1v) is 8.70. The molecule has 1 aromatic rings. The molecule has 1 aliphatic heterocycles. The maximum Gasteiger partial charge on any atom is 0.347 e. The molecule has 6 heteroatoms. The Morgan fingerprint density at radius 1 is 1.00 bits per heavy atom. The van der Waals surface area contributed by atoms with Gasteiger partial charge in [0.05, 0.1) is 17.7 Å². The molecule has 138 valence electrons. The fourth-order valence-electron chi connectivity index (χ4n) is 2.86. The van der Waals surface area contributed by atoms with E-state index in [0.29, 0.717) is 24.1 Å². The largest absolute Gasteiger partial charge is 0.504 e. The highest BCUT2D eigenvalue weighted by molar-refractivity contribution is 6.30. The Bertz CT molecular complexity index is 745. The Labute approximate surface area is 152 Å². The minimum atomic E-state index is -0.713. The number of esters is 2. The lowest BCUT2D eigenvalue weighted by Gasteiger charge is -2.05. The van der Waals surface area contributed by atoms with Gasteiger partial charge in [0.1, 0.15) is 0 Å². The van der Waals surface area contributed by atoms with E-state index in [4.69, 9.17) is 11.2 Å². The minimum Gasteiger partial charge on any atom is -0.504 e. The highest BCUT2D eigenvalue weighted by atomic mass is 16.6. The Morgan fingerprint density at radius 3 is 2.46 bits per heavy atom. The summed E-state index contributed by atoms with van der Waals surface area (Å²) in [7, 11) is 0. The predicted molar refractivity (Wildman–Crippen MR) is 97.2 cm³/mol. The molecule has 0 atom stereocenters. The van der Waals surface area contributed by atoms with Gasteiger partial charge in [0.15, 0.2) is 11.5 Å². The van der Waals surface area contributed by atoms with E-state index in [9.17, 15) is 19.8 Å². The molecule has 0 fully saturated rings. The van der Waals surface area contributed by atoms with Crippen molar-refractivity contribution in [2.45, 2.75) is 38.5 Å². The molecule has 3 N–H and O–H groups in total. The predicted octanol–water partition coefficient (Wildman–Crippen LogP) is 2.50. The van der Waals surface area contributed by atoms with Crippen LogP contribution >= 0.6 is 0 Å².